The third-order valence-corrected chi connectivity index (χ3v) is 0. The van der Waals surface area contributed by atoms with E-state index in [0.29, 0.717) is 0 Å². The fraction of sp³-hybridized carbons (Fsp3) is 0. The molecule has 0 aliphatic carbocycles. The van der Waals surface area contributed by atoms with E-state index < -0.39 is 0 Å². The Morgan fingerprint density at radius 1 is 1.00 bits per heavy atom. The van der Waals surface area contributed by atoms with E-state index in [1.165, 1.54) is 0 Å². The Morgan fingerprint density at radius 2 is 1.00 bits per heavy atom. The van der Waals surface area contributed by atoms with Crippen molar-refractivity contribution >= 4 is 50.1 Å². The molecule has 0 atom stereocenters. The number of hydrogen-bond acceptors (Lipinski definition) is 0. The summed E-state index contributed by atoms with van der Waals surface area (Å²) < 4.78 is 0. The summed E-state index contributed by atoms with van der Waals surface area (Å²) in [5, 5.41) is 0. The summed E-state index contributed by atoms with van der Waals surface area (Å²) in [6.07, 6.45) is 0. The van der Waals surface area contributed by atoms with Crippen LogP contribution >= 0.6 is 0 Å². The molecule has 0 fully saturated rings. The van der Waals surface area contributed by atoms with E-state index in [2.05, 4.69) is 0 Å². The van der Waals surface area contributed by atoms with Crippen LogP contribution in [0.5, 0.6) is 0 Å². The monoisotopic (exact) mass is 457 g/mol. The van der Waals surface area contributed by atoms with Crippen molar-refractivity contribution in [1.29, 1.82) is 0 Å². The topological polar surface area (TPSA) is 0 Å². The number of hydrogen-bond donors (Lipinski definition) is 0. The van der Waals surface area contributed by atoms with E-state index in [9.17, 15) is 0 Å². The average molecular weight is 457 g/mol. The largest absolute Gasteiger partial charge is 0 e. The summed E-state index contributed by atoms with van der Waals surface area (Å²) in [6, 6.07) is 0. The van der Waals surface area contributed by atoms with Gasteiger partial charge in [0.15, 0.2) is 0 Å². The van der Waals surface area contributed by atoms with Gasteiger partial charge in [-0.3, -0.25) is 0 Å². The first-order valence-electron chi connectivity index (χ1n) is 0. The first kappa shape index (κ1) is 29.1. The van der Waals surface area contributed by atoms with Gasteiger partial charge in [-0.2, -0.15) is 0 Å². The molecule has 0 rings (SSSR count). The normalized spacial score (nSPS) is 0. The summed E-state index contributed by atoms with van der Waals surface area (Å²) >= 11 is 0. The Kier molecular flexibility index (Phi) is 124. The Balaban J connectivity index is 0. The molecule has 25 valence electrons. The first-order valence-corrected chi connectivity index (χ1v) is 0. The van der Waals surface area contributed by atoms with Gasteiger partial charge >= 0.3 is 50.1 Å². The molecule has 0 heterocycles. The van der Waals surface area contributed by atoms with Crippen molar-refractivity contribution < 1.29 is 36.3 Å². The van der Waals surface area contributed by atoms with Crippen LogP contribution in [0.2, 0.25) is 0 Å². The van der Waals surface area contributed by atoms with Gasteiger partial charge in [-0.05, 0) is 0 Å². The molecule has 0 aromatic rings. The molecule has 0 N–H and O–H groups in total. The molecule has 0 aromatic heterocycles. The standard InChI is InChI=1S/Bi.Co.Sn.Zn.5H. The summed E-state index contributed by atoms with van der Waals surface area (Å²) in [5.41, 5.74) is 0. The van der Waals surface area contributed by atoms with E-state index in [1.807, 2.05) is 0 Å². The van der Waals surface area contributed by atoms with Gasteiger partial charge in [-0.25, -0.2) is 0 Å². The quantitative estimate of drug-likeness (QED) is 0.366. The van der Waals surface area contributed by atoms with Crippen molar-refractivity contribution in [2.24, 2.45) is 0 Å². The van der Waals surface area contributed by atoms with Crippen LogP contribution in [0.1, 0.15) is 0 Å². The Morgan fingerprint density at radius 3 is 1.00 bits per heavy atom. The first-order chi connectivity index (χ1) is 0. The van der Waals surface area contributed by atoms with Crippen LogP contribution in [0.3, 0.4) is 0 Å². The van der Waals surface area contributed by atoms with E-state index in [-0.39, 0.29) is 86.4 Å². The summed E-state index contributed by atoms with van der Waals surface area (Å²) in [7, 11) is 0. The van der Waals surface area contributed by atoms with Gasteiger partial charge in [0, 0.05) is 36.3 Å². The van der Waals surface area contributed by atoms with Gasteiger partial charge in [0.05, 0.1) is 0 Å². The van der Waals surface area contributed by atoms with Gasteiger partial charge in [0.1, 0.15) is 0 Å². The van der Waals surface area contributed by atoms with Gasteiger partial charge in [-0.15, -0.1) is 0 Å². The predicted molar refractivity (Wildman–Crippen MR) is 18.5 cm³/mol. The van der Waals surface area contributed by atoms with Gasteiger partial charge in [0.2, 0.25) is 0 Å². The van der Waals surface area contributed by atoms with Gasteiger partial charge in [-0.1, -0.05) is 0 Å². The molecule has 0 nitrogen and oxygen atoms in total. The number of rotatable bonds is 0. The summed E-state index contributed by atoms with van der Waals surface area (Å²) in [6.45, 7) is 0. The van der Waals surface area contributed by atoms with Gasteiger partial charge < -0.3 is 0 Å². The van der Waals surface area contributed by atoms with Crippen molar-refractivity contribution in [3.8, 4) is 0 Å². The zero-order valence-corrected chi connectivity index (χ0v) is 16.0. The third kappa shape index (κ3) is 8.84. The zero-order valence-electron chi connectivity index (χ0n) is 2.45. The van der Waals surface area contributed by atoms with Crippen LogP contribution in [0.4, 0.5) is 0 Å². The van der Waals surface area contributed by atoms with Crippen molar-refractivity contribution in [2.75, 3.05) is 0 Å². The van der Waals surface area contributed by atoms with E-state index >= 15 is 0 Å². The van der Waals surface area contributed by atoms with Crippen LogP contribution in [0.25, 0.3) is 0 Å². The van der Waals surface area contributed by atoms with Gasteiger partial charge in [0.25, 0.3) is 0 Å². The van der Waals surface area contributed by atoms with Crippen LogP contribution < -0.4 is 0 Å². The fourth-order valence-electron chi connectivity index (χ4n) is 0. The Labute approximate surface area is 84.9 Å². The van der Waals surface area contributed by atoms with E-state index in [1.54, 1.807) is 0 Å². The SMILES string of the molecule is [BiH3].[Co].[SnH2].[Zn]. The van der Waals surface area contributed by atoms with E-state index in [4.69, 9.17) is 0 Å². The maximum Gasteiger partial charge on any atom is 0 e. The minimum atomic E-state index is 0. The van der Waals surface area contributed by atoms with Crippen molar-refractivity contribution in [1.82, 2.24) is 0 Å². The molecule has 0 aliphatic heterocycles. The predicted octanol–water partition coefficient (Wildman–Crippen LogP) is -2.11. The Hall–Kier alpha value is 2.81. The Bertz CT molecular complexity index is 8.00. The fourth-order valence-corrected chi connectivity index (χ4v) is 0. The van der Waals surface area contributed by atoms with Crippen LogP contribution in [0, 0.1) is 0 Å². The molecule has 0 spiro atoms. The molecular formula is H5BiCoSnZn. The molecule has 0 saturated carbocycles. The third-order valence-electron chi connectivity index (χ3n) is 0. The minimum absolute atomic E-state index is 0. The second-order valence-corrected chi connectivity index (χ2v) is 0. The molecule has 3 radical (unpaired) electrons. The van der Waals surface area contributed by atoms with Crippen molar-refractivity contribution in [3.63, 3.8) is 0 Å². The zero-order chi connectivity index (χ0) is 0. The van der Waals surface area contributed by atoms with Crippen molar-refractivity contribution in [2.45, 2.75) is 0 Å². The minimum Gasteiger partial charge on any atom is 0 e. The second-order valence-electron chi connectivity index (χ2n) is 0. The van der Waals surface area contributed by atoms with Crippen LogP contribution in [-0.4, -0.2) is 50.1 Å². The molecule has 0 unspecified atom stereocenters. The molecular weight excluding hydrogens is 452 g/mol. The maximum absolute atomic E-state index is 0. The average Bonchev–Trinajstić information content (AvgIpc) is 0. The smallest absolute Gasteiger partial charge is 0 e. The second kappa shape index (κ2) is 17.0. The molecule has 4 heavy (non-hydrogen) atoms. The summed E-state index contributed by atoms with van der Waals surface area (Å²) in [4.78, 5) is 0. The van der Waals surface area contributed by atoms with Crippen molar-refractivity contribution in [3.05, 3.63) is 0 Å². The van der Waals surface area contributed by atoms with Crippen LogP contribution in [-0.2, 0) is 36.3 Å². The molecule has 0 aromatic carbocycles. The maximum atomic E-state index is 0. The van der Waals surface area contributed by atoms with E-state index in [0.717, 1.165) is 0 Å². The summed E-state index contributed by atoms with van der Waals surface area (Å²) in [5.74, 6) is 0. The molecule has 0 bridgehead atoms. The van der Waals surface area contributed by atoms with Crippen LogP contribution in [0.15, 0.2) is 0 Å². The molecule has 0 amide bonds. The molecule has 0 saturated heterocycles. The molecule has 0 aliphatic rings. The molecule has 4 heteroatoms.